The number of hydrogen-bond acceptors (Lipinski definition) is 6. The van der Waals surface area contributed by atoms with E-state index in [1.807, 2.05) is 54.6 Å². The van der Waals surface area contributed by atoms with Crippen LogP contribution in [0.4, 0.5) is 21.7 Å². The Labute approximate surface area is 184 Å². The number of nitrogens with one attached hydrogen (secondary N) is 2. The third kappa shape index (κ3) is 4.98. The lowest BCUT2D eigenvalue weighted by molar-refractivity contribution is 0.100. The van der Waals surface area contributed by atoms with Gasteiger partial charge >= 0.3 is 0 Å². The number of amides is 1. The number of rotatable bonds is 8. The van der Waals surface area contributed by atoms with Gasteiger partial charge in [0.2, 0.25) is 0 Å². The summed E-state index contributed by atoms with van der Waals surface area (Å²) in [6.45, 7) is 0.301. The molecule has 0 unspecified atom stereocenters. The molecule has 4 aromatic rings. The summed E-state index contributed by atoms with van der Waals surface area (Å²) in [6.07, 6.45) is 2.34. The first kappa shape index (κ1) is 21.2. The summed E-state index contributed by atoms with van der Waals surface area (Å²) in [5, 5.41) is 6.91. The molecule has 6 N–H and O–H groups in total. The Kier molecular flexibility index (Phi) is 6.23. The van der Waals surface area contributed by atoms with Crippen LogP contribution in [0, 0.1) is 5.82 Å². The molecule has 1 amide bonds. The number of halogens is 1. The monoisotopic (exact) mass is 430 g/mol. The van der Waals surface area contributed by atoms with Crippen molar-refractivity contribution in [3.8, 4) is 0 Å². The molecule has 0 aliphatic heterocycles. The van der Waals surface area contributed by atoms with Gasteiger partial charge in [-0.1, -0.05) is 36.4 Å². The van der Waals surface area contributed by atoms with Crippen molar-refractivity contribution in [2.75, 3.05) is 17.2 Å². The highest BCUT2D eigenvalue weighted by Crippen LogP contribution is 2.25. The van der Waals surface area contributed by atoms with E-state index < -0.39 is 11.7 Å². The van der Waals surface area contributed by atoms with E-state index >= 15 is 0 Å². The van der Waals surface area contributed by atoms with Gasteiger partial charge in [0.25, 0.3) is 5.91 Å². The van der Waals surface area contributed by atoms with Gasteiger partial charge < -0.3 is 22.1 Å². The summed E-state index contributed by atoms with van der Waals surface area (Å²) < 4.78 is 14.6. The zero-order chi connectivity index (χ0) is 22.5. The predicted octanol–water partition coefficient (Wildman–Crippen LogP) is 3.59. The van der Waals surface area contributed by atoms with Gasteiger partial charge in [-0.15, -0.1) is 0 Å². The maximum atomic E-state index is 14.6. The molecule has 0 radical (unpaired) electrons. The van der Waals surface area contributed by atoms with Gasteiger partial charge in [0.1, 0.15) is 5.82 Å². The van der Waals surface area contributed by atoms with E-state index in [0.717, 1.165) is 22.5 Å². The molecule has 2 aromatic heterocycles. The number of carbonyl (C=O) groups excluding carboxylic acids is 1. The van der Waals surface area contributed by atoms with E-state index in [1.54, 1.807) is 12.3 Å². The van der Waals surface area contributed by atoms with Gasteiger partial charge in [0.15, 0.2) is 11.6 Å². The third-order valence-corrected chi connectivity index (χ3v) is 4.98. The van der Waals surface area contributed by atoms with E-state index in [9.17, 15) is 9.18 Å². The molecule has 0 aliphatic rings. The van der Waals surface area contributed by atoms with Crippen LogP contribution in [0.5, 0.6) is 0 Å². The molecule has 0 saturated carbocycles. The third-order valence-electron chi connectivity index (χ3n) is 4.98. The Morgan fingerprint density at radius 1 is 1.03 bits per heavy atom. The molecule has 0 bridgehead atoms. The minimum absolute atomic E-state index is 0.0107. The first-order valence-electron chi connectivity index (χ1n) is 10.1. The van der Waals surface area contributed by atoms with Gasteiger partial charge in [-0.3, -0.25) is 9.78 Å². The Bertz CT molecular complexity index is 1250. The highest BCUT2D eigenvalue weighted by atomic mass is 19.1. The second kappa shape index (κ2) is 9.40. The molecule has 7 nitrogen and oxygen atoms in total. The number of nitrogens with two attached hydrogens (primary N) is 2. The number of aromatic nitrogens is 2. The van der Waals surface area contributed by atoms with Crippen LogP contribution in [0.1, 0.15) is 15.9 Å². The molecule has 2 aromatic carbocycles. The second-order valence-electron chi connectivity index (χ2n) is 7.45. The Hall–Kier alpha value is -4.04. The van der Waals surface area contributed by atoms with Gasteiger partial charge in [0.05, 0.1) is 11.1 Å². The van der Waals surface area contributed by atoms with Gasteiger partial charge in [-0.25, -0.2) is 9.37 Å². The quantitative estimate of drug-likeness (QED) is 0.339. The Morgan fingerprint density at radius 2 is 1.84 bits per heavy atom. The molecule has 0 spiro atoms. The van der Waals surface area contributed by atoms with Crippen molar-refractivity contribution < 1.29 is 9.18 Å². The molecule has 4 rings (SSSR count). The van der Waals surface area contributed by atoms with Crippen molar-refractivity contribution in [3.63, 3.8) is 0 Å². The molecule has 0 saturated heterocycles. The van der Waals surface area contributed by atoms with Crippen LogP contribution < -0.4 is 22.1 Å². The fourth-order valence-electron chi connectivity index (χ4n) is 3.40. The smallest absolute Gasteiger partial charge is 0.252 e. The molecule has 32 heavy (non-hydrogen) atoms. The predicted molar refractivity (Wildman–Crippen MR) is 124 cm³/mol. The maximum Gasteiger partial charge on any atom is 0.252 e. The number of pyridine rings is 2. The number of hydrogen-bond donors (Lipinski definition) is 4. The van der Waals surface area contributed by atoms with E-state index in [0.29, 0.717) is 18.7 Å². The molecular formula is C24H23FN6O. The SMILES string of the molecule is NC(=O)c1cc(F)c(NC[C@@H](N)Cc2ccccc2)nc1Nc1ccc2ncccc2c1. The van der Waals surface area contributed by atoms with Crippen LogP contribution >= 0.6 is 0 Å². The topological polar surface area (TPSA) is 119 Å². The minimum Gasteiger partial charge on any atom is -0.366 e. The molecular weight excluding hydrogens is 407 g/mol. The van der Waals surface area contributed by atoms with Crippen molar-refractivity contribution in [3.05, 3.63) is 89.9 Å². The summed E-state index contributed by atoms with van der Waals surface area (Å²) in [5.41, 5.74) is 14.2. The van der Waals surface area contributed by atoms with Gasteiger partial charge in [-0.05, 0) is 42.3 Å². The largest absolute Gasteiger partial charge is 0.366 e. The fraction of sp³-hybridized carbons (Fsp3) is 0.125. The first-order chi connectivity index (χ1) is 15.5. The molecule has 1 atom stereocenters. The number of benzene rings is 2. The number of primary amides is 1. The maximum absolute atomic E-state index is 14.6. The molecule has 8 heteroatoms. The van der Waals surface area contributed by atoms with Crippen molar-refractivity contribution >= 4 is 34.1 Å². The summed E-state index contributed by atoms with van der Waals surface area (Å²) in [7, 11) is 0. The standard InChI is InChI=1S/C24H23FN6O/c25-20-13-19(22(27)32)23(30-18-8-9-21-16(12-18)7-4-10-28-21)31-24(20)29-14-17(26)11-15-5-2-1-3-6-15/h1-10,12-13,17H,11,14,26H2,(H2,27,32)(H2,29,30,31)/t17-/m0/s1. The van der Waals surface area contributed by atoms with E-state index in [4.69, 9.17) is 11.5 Å². The minimum atomic E-state index is -0.784. The van der Waals surface area contributed by atoms with E-state index in [2.05, 4.69) is 20.6 Å². The second-order valence-corrected chi connectivity index (χ2v) is 7.45. The molecule has 0 fully saturated rings. The van der Waals surface area contributed by atoms with Crippen LogP contribution in [-0.4, -0.2) is 28.5 Å². The first-order valence-corrected chi connectivity index (χ1v) is 10.1. The highest BCUT2D eigenvalue weighted by Gasteiger charge is 2.17. The number of fused-ring (bicyclic) bond motifs is 1. The average molecular weight is 430 g/mol. The van der Waals surface area contributed by atoms with Crippen molar-refractivity contribution in [1.29, 1.82) is 0 Å². The Morgan fingerprint density at radius 3 is 2.62 bits per heavy atom. The van der Waals surface area contributed by atoms with Gasteiger partial charge in [0, 0.05) is 29.9 Å². The van der Waals surface area contributed by atoms with Crippen LogP contribution in [0.2, 0.25) is 0 Å². The van der Waals surface area contributed by atoms with Crippen molar-refractivity contribution in [1.82, 2.24) is 9.97 Å². The van der Waals surface area contributed by atoms with Gasteiger partial charge in [-0.2, -0.15) is 0 Å². The molecule has 0 aliphatic carbocycles. The zero-order valence-corrected chi connectivity index (χ0v) is 17.3. The lowest BCUT2D eigenvalue weighted by Gasteiger charge is -2.16. The number of anilines is 3. The van der Waals surface area contributed by atoms with E-state index in [-0.39, 0.29) is 23.2 Å². The summed E-state index contributed by atoms with van der Waals surface area (Å²) in [4.78, 5) is 20.4. The average Bonchev–Trinajstić information content (AvgIpc) is 2.79. The molecule has 2 heterocycles. The van der Waals surface area contributed by atoms with E-state index in [1.165, 1.54) is 0 Å². The number of nitrogens with zero attached hydrogens (tertiary/aromatic N) is 2. The number of carbonyl (C=O) groups is 1. The van der Waals surface area contributed by atoms with Crippen LogP contribution in [0.25, 0.3) is 10.9 Å². The lowest BCUT2D eigenvalue weighted by Crippen LogP contribution is -2.31. The van der Waals surface area contributed by atoms with Crippen LogP contribution in [0.15, 0.2) is 72.9 Å². The summed E-state index contributed by atoms with van der Waals surface area (Å²) in [5.74, 6) is -1.32. The highest BCUT2D eigenvalue weighted by molar-refractivity contribution is 5.99. The Balaban J connectivity index is 1.54. The van der Waals surface area contributed by atoms with Crippen molar-refractivity contribution in [2.24, 2.45) is 11.5 Å². The summed E-state index contributed by atoms with van der Waals surface area (Å²) in [6, 6.07) is 19.9. The van der Waals surface area contributed by atoms with Crippen LogP contribution in [0.3, 0.4) is 0 Å². The summed E-state index contributed by atoms with van der Waals surface area (Å²) >= 11 is 0. The van der Waals surface area contributed by atoms with Crippen molar-refractivity contribution in [2.45, 2.75) is 12.5 Å². The fourth-order valence-corrected chi connectivity index (χ4v) is 3.40. The van der Waals surface area contributed by atoms with Crippen LogP contribution in [-0.2, 0) is 6.42 Å². The lowest BCUT2D eigenvalue weighted by atomic mass is 10.1. The zero-order valence-electron chi connectivity index (χ0n) is 17.3. The molecule has 162 valence electrons. The normalized spacial score (nSPS) is 11.8.